The van der Waals surface area contributed by atoms with E-state index in [4.69, 9.17) is 5.26 Å². The lowest BCUT2D eigenvalue weighted by Crippen LogP contribution is -2.07. The molecule has 0 aliphatic heterocycles. The molecule has 0 saturated carbocycles. The van der Waals surface area contributed by atoms with Crippen molar-refractivity contribution in [2.45, 2.75) is 6.18 Å². The van der Waals surface area contributed by atoms with Gasteiger partial charge in [-0.25, -0.2) is 0 Å². The zero-order valence-corrected chi connectivity index (χ0v) is 9.07. The van der Waals surface area contributed by atoms with E-state index in [0.29, 0.717) is 0 Å². The summed E-state index contributed by atoms with van der Waals surface area (Å²) in [5.74, 6) is 0. The first kappa shape index (κ1) is 12.1. The molecule has 0 N–H and O–H groups in total. The highest BCUT2D eigenvalue weighted by atomic mass is 19.4. The van der Waals surface area contributed by atoms with Crippen LogP contribution in [0.1, 0.15) is 11.1 Å². The maximum absolute atomic E-state index is 12.9. The van der Waals surface area contributed by atoms with Crippen molar-refractivity contribution in [1.82, 2.24) is 4.98 Å². The van der Waals surface area contributed by atoms with Crippen LogP contribution in [0.2, 0.25) is 0 Å². The van der Waals surface area contributed by atoms with Gasteiger partial charge in [-0.05, 0) is 18.2 Å². The number of aromatic nitrogens is 1. The quantitative estimate of drug-likeness (QED) is 0.772. The number of halogens is 3. The van der Waals surface area contributed by atoms with E-state index >= 15 is 0 Å². The summed E-state index contributed by atoms with van der Waals surface area (Å²) >= 11 is 0. The molecule has 0 radical (unpaired) electrons. The Kier molecular flexibility index (Phi) is 3.02. The lowest BCUT2D eigenvalue weighted by Gasteiger charge is -2.12. The number of hydrogen-bond acceptors (Lipinski definition) is 2. The van der Waals surface area contributed by atoms with Crippen molar-refractivity contribution < 1.29 is 13.2 Å². The minimum absolute atomic E-state index is 0.0490. The van der Waals surface area contributed by atoms with Crippen molar-refractivity contribution >= 4 is 0 Å². The third-order valence-electron chi connectivity index (χ3n) is 2.42. The van der Waals surface area contributed by atoms with Crippen LogP contribution in [-0.2, 0) is 6.18 Å². The van der Waals surface area contributed by atoms with Crippen LogP contribution in [0.25, 0.3) is 11.3 Å². The van der Waals surface area contributed by atoms with Gasteiger partial charge in [-0.3, -0.25) is 4.98 Å². The van der Waals surface area contributed by atoms with Crippen LogP contribution in [0, 0.1) is 11.3 Å². The van der Waals surface area contributed by atoms with Gasteiger partial charge in [0.15, 0.2) is 0 Å². The summed E-state index contributed by atoms with van der Waals surface area (Å²) in [6, 6.07) is 9.88. The van der Waals surface area contributed by atoms with Gasteiger partial charge in [0.2, 0.25) is 0 Å². The molecule has 0 fully saturated rings. The molecule has 0 bridgehead atoms. The molecule has 90 valence electrons. The zero-order valence-electron chi connectivity index (χ0n) is 9.07. The summed E-state index contributed by atoms with van der Waals surface area (Å²) in [5, 5.41) is 8.90. The van der Waals surface area contributed by atoms with Crippen molar-refractivity contribution in [1.29, 1.82) is 5.26 Å². The molecular formula is C13H7F3N2. The van der Waals surface area contributed by atoms with Gasteiger partial charge in [0.25, 0.3) is 0 Å². The van der Waals surface area contributed by atoms with E-state index in [0.717, 1.165) is 6.07 Å². The van der Waals surface area contributed by atoms with E-state index in [9.17, 15) is 13.2 Å². The third-order valence-corrected chi connectivity index (χ3v) is 2.42. The highest BCUT2D eigenvalue weighted by molar-refractivity contribution is 5.70. The summed E-state index contributed by atoms with van der Waals surface area (Å²) in [6.45, 7) is 0. The average molecular weight is 248 g/mol. The van der Waals surface area contributed by atoms with Crippen LogP contribution >= 0.6 is 0 Å². The second kappa shape index (κ2) is 4.49. The number of nitrogens with zero attached hydrogens (tertiary/aromatic N) is 2. The van der Waals surface area contributed by atoms with Gasteiger partial charge in [0.05, 0.1) is 16.8 Å². The predicted molar refractivity (Wildman–Crippen MR) is 59.4 cm³/mol. The summed E-state index contributed by atoms with van der Waals surface area (Å²) < 4.78 is 38.6. The summed E-state index contributed by atoms with van der Waals surface area (Å²) in [5.41, 5.74) is -0.704. The lowest BCUT2D eigenvalue weighted by atomic mass is 10.0. The van der Waals surface area contributed by atoms with E-state index in [2.05, 4.69) is 4.98 Å². The highest BCUT2D eigenvalue weighted by Crippen LogP contribution is 2.36. The van der Waals surface area contributed by atoms with E-state index in [1.807, 2.05) is 6.07 Å². The smallest absolute Gasteiger partial charge is 0.255 e. The Morgan fingerprint density at radius 3 is 2.44 bits per heavy atom. The average Bonchev–Trinajstić information content (AvgIpc) is 2.37. The van der Waals surface area contributed by atoms with E-state index < -0.39 is 11.7 Å². The van der Waals surface area contributed by atoms with Gasteiger partial charge < -0.3 is 0 Å². The van der Waals surface area contributed by atoms with E-state index in [1.165, 1.54) is 36.5 Å². The Hall–Kier alpha value is -2.35. The molecule has 0 spiro atoms. The monoisotopic (exact) mass is 248 g/mol. The second-order valence-electron chi connectivity index (χ2n) is 3.55. The standard InChI is InChI=1S/C13H7F3N2/c14-13(15,16)11-6-2-1-5-10(11)12-9(8-17)4-3-7-18-12/h1-7H. The molecule has 2 nitrogen and oxygen atoms in total. The molecule has 5 heteroatoms. The Bertz CT molecular complexity index is 612. The lowest BCUT2D eigenvalue weighted by molar-refractivity contribution is -0.137. The molecule has 0 saturated heterocycles. The predicted octanol–water partition coefficient (Wildman–Crippen LogP) is 3.64. The van der Waals surface area contributed by atoms with Crippen molar-refractivity contribution in [3.63, 3.8) is 0 Å². The molecule has 1 aromatic carbocycles. The number of benzene rings is 1. The normalized spacial score (nSPS) is 11.0. The molecule has 0 aliphatic carbocycles. The van der Waals surface area contributed by atoms with Crippen LogP contribution in [0.5, 0.6) is 0 Å². The van der Waals surface area contributed by atoms with Gasteiger partial charge in [0.1, 0.15) is 6.07 Å². The van der Waals surface area contributed by atoms with Gasteiger partial charge in [0, 0.05) is 11.8 Å². The number of nitriles is 1. The first-order valence-electron chi connectivity index (χ1n) is 5.06. The maximum atomic E-state index is 12.9. The summed E-state index contributed by atoms with van der Waals surface area (Å²) in [6.07, 6.45) is -3.11. The fraction of sp³-hybridized carbons (Fsp3) is 0.0769. The first-order valence-corrected chi connectivity index (χ1v) is 5.06. The Balaban J connectivity index is 2.69. The molecule has 0 atom stereocenters. The van der Waals surface area contributed by atoms with Gasteiger partial charge in [-0.15, -0.1) is 0 Å². The second-order valence-corrected chi connectivity index (χ2v) is 3.55. The molecule has 2 rings (SSSR count). The van der Waals surface area contributed by atoms with Crippen molar-refractivity contribution in [2.24, 2.45) is 0 Å². The van der Waals surface area contributed by atoms with Gasteiger partial charge >= 0.3 is 6.18 Å². The topological polar surface area (TPSA) is 36.7 Å². The Morgan fingerprint density at radius 2 is 1.78 bits per heavy atom. The molecule has 2 aromatic rings. The molecule has 1 aromatic heterocycles. The minimum atomic E-state index is -4.47. The molecule has 0 unspecified atom stereocenters. The van der Waals surface area contributed by atoms with E-state index in [1.54, 1.807) is 0 Å². The zero-order chi connectivity index (χ0) is 13.2. The molecule has 18 heavy (non-hydrogen) atoms. The minimum Gasteiger partial charge on any atom is -0.255 e. The third kappa shape index (κ3) is 2.18. The number of hydrogen-bond donors (Lipinski definition) is 0. The Labute approximate surface area is 101 Å². The van der Waals surface area contributed by atoms with Crippen LogP contribution < -0.4 is 0 Å². The van der Waals surface area contributed by atoms with Gasteiger partial charge in [-0.2, -0.15) is 18.4 Å². The van der Waals surface area contributed by atoms with Crippen LogP contribution in [-0.4, -0.2) is 4.98 Å². The first-order chi connectivity index (χ1) is 8.54. The van der Waals surface area contributed by atoms with Crippen molar-refractivity contribution in [3.05, 3.63) is 53.7 Å². The van der Waals surface area contributed by atoms with Gasteiger partial charge in [-0.1, -0.05) is 18.2 Å². The highest BCUT2D eigenvalue weighted by Gasteiger charge is 2.34. The number of rotatable bonds is 1. The summed E-state index contributed by atoms with van der Waals surface area (Å²) in [4.78, 5) is 3.87. The fourth-order valence-electron chi connectivity index (χ4n) is 1.65. The molecule has 1 heterocycles. The molecular weight excluding hydrogens is 241 g/mol. The molecule has 0 aliphatic rings. The molecule has 0 amide bonds. The number of alkyl halides is 3. The van der Waals surface area contributed by atoms with Crippen LogP contribution in [0.4, 0.5) is 13.2 Å². The SMILES string of the molecule is N#Cc1cccnc1-c1ccccc1C(F)(F)F. The van der Waals surface area contributed by atoms with Crippen LogP contribution in [0.3, 0.4) is 0 Å². The van der Waals surface area contributed by atoms with Crippen LogP contribution in [0.15, 0.2) is 42.6 Å². The van der Waals surface area contributed by atoms with Crippen molar-refractivity contribution in [2.75, 3.05) is 0 Å². The fourth-order valence-corrected chi connectivity index (χ4v) is 1.65. The summed E-state index contributed by atoms with van der Waals surface area (Å²) in [7, 11) is 0. The largest absolute Gasteiger partial charge is 0.417 e. The number of pyridine rings is 1. The Morgan fingerprint density at radius 1 is 1.06 bits per heavy atom. The van der Waals surface area contributed by atoms with Crippen molar-refractivity contribution in [3.8, 4) is 17.3 Å². The van der Waals surface area contributed by atoms with E-state index in [-0.39, 0.29) is 16.8 Å². The maximum Gasteiger partial charge on any atom is 0.417 e.